The number of hydrogen-bond donors (Lipinski definition) is 0. The Morgan fingerprint density at radius 1 is 1.17 bits per heavy atom. The Bertz CT molecular complexity index is 569. The fraction of sp³-hybridized carbons (Fsp3) is 0.333. The molecule has 1 aromatic carbocycles. The number of aryl methyl sites for hydroxylation is 2. The van der Waals surface area contributed by atoms with Crippen molar-refractivity contribution in [2.24, 2.45) is 0 Å². The molecule has 1 aliphatic heterocycles. The van der Waals surface area contributed by atoms with Crippen LogP contribution in [-0.4, -0.2) is 0 Å². The second-order valence-corrected chi connectivity index (χ2v) is 6.50. The first-order valence-corrected chi connectivity index (χ1v) is 7.31. The number of alkyl halides is 1. The topological polar surface area (TPSA) is 9.23 Å². The van der Waals surface area contributed by atoms with Crippen LogP contribution in [0.3, 0.4) is 0 Å². The van der Waals surface area contributed by atoms with Crippen LogP contribution in [0, 0.1) is 13.8 Å². The lowest BCUT2D eigenvalue weighted by Crippen LogP contribution is -1.92. The van der Waals surface area contributed by atoms with E-state index in [0.717, 1.165) is 13.2 Å². The molecule has 0 fully saturated rings. The lowest BCUT2D eigenvalue weighted by atomic mass is 10.0. The molecule has 2 aromatic rings. The van der Waals surface area contributed by atoms with E-state index in [9.17, 15) is 0 Å². The summed E-state index contributed by atoms with van der Waals surface area (Å²) >= 11 is 8.38. The number of benzene rings is 1. The first-order valence-electron chi connectivity index (χ1n) is 6.05. The van der Waals surface area contributed by atoms with E-state index >= 15 is 0 Å². The first-order chi connectivity index (χ1) is 8.65. The third kappa shape index (κ3) is 2.09. The van der Waals surface area contributed by atoms with E-state index in [4.69, 9.17) is 16.3 Å². The van der Waals surface area contributed by atoms with Crippen LogP contribution in [0.2, 0.25) is 0 Å². The summed E-state index contributed by atoms with van der Waals surface area (Å²) < 4.78 is 5.44. The van der Waals surface area contributed by atoms with Gasteiger partial charge in [-0.05, 0) is 42.2 Å². The minimum Gasteiger partial charge on any atom is -0.372 e. The van der Waals surface area contributed by atoms with Gasteiger partial charge in [-0.2, -0.15) is 0 Å². The van der Waals surface area contributed by atoms with Crippen molar-refractivity contribution in [3.05, 3.63) is 56.3 Å². The van der Waals surface area contributed by atoms with Gasteiger partial charge >= 0.3 is 0 Å². The number of ether oxygens (including phenoxy) is 1. The van der Waals surface area contributed by atoms with E-state index in [-0.39, 0.29) is 5.38 Å². The zero-order valence-corrected chi connectivity index (χ0v) is 12.1. The molecule has 0 N–H and O–H groups in total. The van der Waals surface area contributed by atoms with Crippen molar-refractivity contribution in [1.82, 2.24) is 0 Å². The molecule has 1 aliphatic rings. The van der Waals surface area contributed by atoms with Crippen molar-refractivity contribution in [2.75, 3.05) is 0 Å². The summed E-state index contributed by atoms with van der Waals surface area (Å²) in [5.41, 5.74) is 5.07. The van der Waals surface area contributed by atoms with E-state index in [0.29, 0.717) is 0 Å². The standard InChI is InChI=1S/C15H15ClOS/c1-9-5-14(18-10(9)2)15(16)11-3-4-12-7-17-8-13(12)6-11/h3-6,15H,7-8H2,1-2H3. The molecule has 1 atom stereocenters. The third-order valence-electron chi connectivity index (χ3n) is 3.47. The maximum absolute atomic E-state index is 6.59. The molecule has 2 heterocycles. The molecule has 0 saturated carbocycles. The van der Waals surface area contributed by atoms with Gasteiger partial charge in [0.15, 0.2) is 0 Å². The lowest BCUT2D eigenvalue weighted by Gasteiger charge is -2.09. The van der Waals surface area contributed by atoms with E-state index in [1.807, 2.05) is 0 Å². The van der Waals surface area contributed by atoms with Crippen LogP contribution in [0.1, 0.15) is 37.4 Å². The zero-order valence-electron chi connectivity index (χ0n) is 10.5. The number of thiophene rings is 1. The largest absolute Gasteiger partial charge is 0.372 e. The van der Waals surface area contributed by atoms with Crippen LogP contribution in [0.4, 0.5) is 0 Å². The van der Waals surface area contributed by atoms with Crippen molar-refractivity contribution >= 4 is 22.9 Å². The zero-order chi connectivity index (χ0) is 12.7. The number of rotatable bonds is 2. The van der Waals surface area contributed by atoms with E-state index < -0.39 is 0 Å². The fourth-order valence-corrected chi connectivity index (χ4v) is 3.62. The van der Waals surface area contributed by atoms with Crippen LogP contribution >= 0.6 is 22.9 Å². The van der Waals surface area contributed by atoms with Crippen molar-refractivity contribution < 1.29 is 4.74 Å². The number of fused-ring (bicyclic) bond motifs is 1. The van der Waals surface area contributed by atoms with Crippen molar-refractivity contribution in [2.45, 2.75) is 32.4 Å². The Morgan fingerprint density at radius 3 is 2.67 bits per heavy atom. The van der Waals surface area contributed by atoms with E-state index in [2.05, 4.69) is 38.1 Å². The van der Waals surface area contributed by atoms with Gasteiger partial charge in [-0.15, -0.1) is 22.9 Å². The second-order valence-electron chi connectivity index (χ2n) is 4.77. The maximum atomic E-state index is 6.59. The lowest BCUT2D eigenvalue weighted by molar-refractivity contribution is 0.134. The van der Waals surface area contributed by atoms with Gasteiger partial charge in [-0.1, -0.05) is 18.2 Å². The molecule has 0 saturated heterocycles. The highest BCUT2D eigenvalue weighted by Crippen LogP contribution is 2.36. The number of halogens is 1. The van der Waals surface area contributed by atoms with Crippen molar-refractivity contribution in [1.29, 1.82) is 0 Å². The molecule has 18 heavy (non-hydrogen) atoms. The smallest absolute Gasteiger partial charge is 0.0928 e. The van der Waals surface area contributed by atoms with Crippen LogP contribution in [0.5, 0.6) is 0 Å². The minimum absolute atomic E-state index is 0.0479. The van der Waals surface area contributed by atoms with Gasteiger partial charge in [0, 0.05) is 9.75 Å². The summed E-state index contributed by atoms with van der Waals surface area (Å²) in [7, 11) is 0. The SMILES string of the molecule is Cc1cc(C(Cl)c2ccc3c(c2)COC3)sc1C. The first kappa shape index (κ1) is 12.2. The fourth-order valence-electron chi connectivity index (χ4n) is 2.24. The quantitative estimate of drug-likeness (QED) is 0.722. The van der Waals surface area contributed by atoms with Crippen molar-refractivity contribution in [3.8, 4) is 0 Å². The summed E-state index contributed by atoms with van der Waals surface area (Å²) in [6, 6.07) is 8.64. The van der Waals surface area contributed by atoms with Crippen LogP contribution in [0.15, 0.2) is 24.3 Å². The highest BCUT2D eigenvalue weighted by Gasteiger charge is 2.18. The summed E-state index contributed by atoms with van der Waals surface area (Å²) in [6.07, 6.45) is 0. The predicted molar refractivity (Wildman–Crippen MR) is 76.4 cm³/mol. The van der Waals surface area contributed by atoms with Gasteiger partial charge in [-0.25, -0.2) is 0 Å². The third-order valence-corrected chi connectivity index (χ3v) is 5.31. The summed E-state index contributed by atoms with van der Waals surface area (Å²) in [5, 5.41) is -0.0479. The molecule has 0 bridgehead atoms. The summed E-state index contributed by atoms with van der Waals surface area (Å²) in [5.74, 6) is 0. The molecular weight excluding hydrogens is 264 g/mol. The Labute approximate surface area is 116 Å². The number of hydrogen-bond acceptors (Lipinski definition) is 2. The highest BCUT2D eigenvalue weighted by molar-refractivity contribution is 7.12. The Morgan fingerprint density at radius 2 is 1.94 bits per heavy atom. The average molecular weight is 279 g/mol. The molecule has 1 unspecified atom stereocenters. The molecule has 1 nitrogen and oxygen atoms in total. The summed E-state index contributed by atoms with van der Waals surface area (Å²) in [6.45, 7) is 5.73. The molecule has 3 rings (SSSR count). The molecule has 94 valence electrons. The van der Waals surface area contributed by atoms with E-state index in [1.54, 1.807) is 11.3 Å². The molecule has 3 heteroatoms. The Balaban J connectivity index is 1.94. The Kier molecular flexibility index (Phi) is 3.18. The molecular formula is C15H15ClOS. The van der Waals surface area contributed by atoms with Crippen LogP contribution in [0.25, 0.3) is 0 Å². The van der Waals surface area contributed by atoms with Gasteiger partial charge in [0.2, 0.25) is 0 Å². The molecule has 0 spiro atoms. The van der Waals surface area contributed by atoms with E-state index in [1.165, 1.54) is 32.0 Å². The molecule has 1 aromatic heterocycles. The van der Waals surface area contributed by atoms with Crippen LogP contribution in [-0.2, 0) is 18.0 Å². The molecule has 0 amide bonds. The van der Waals surface area contributed by atoms with Gasteiger partial charge in [-0.3, -0.25) is 0 Å². The minimum atomic E-state index is -0.0479. The van der Waals surface area contributed by atoms with Gasteiger partial charge < -0.3 is 4.74 Å². The molecule has 0 radical (unpaired) electrons. The highest BCUT2D eigenvalue weighted by atomic mass is 35.5. The van der Waals surface area contributed by atoms with Gasteiger partial charge in [0.1, 0.15) is 0 Å². The normalized spacial score (nSPS) is 15.7. The van der Waals surface area contributed by atoms with Gasteiger partial charge in [0.05, 0.1) is 18.6 Å². The van der Waals surface area contributed by atoms with Crippen molar-refractivity contribution in [3.63, 3.8) is 0 Å². The molecule has 0 aliphatic carbocycles. The maximum Gasteiger partial charge on any atom is 0.0928 e. The predicted octanol–water partition coefficient (Wildman–Crippen LogP) is 4.72. The van der Waals surface area contributed by atoms with Gasteiger partial charge in [0.25, 0.3) is 0 Å². The average Bonchev–Trinajstić information content (AvgIpc) is 2.95. The Hall–Kier alpha value is -0.830. The monoisotopic (exact) mass is 278 g/mol. The second kappa shape index (κ2) is 4.69. The van der Waals surface area contributed by atoms with Crippen LogP contribution < -0.4 is 0 Å². The summed E-state index contributed by atoms with van der Waals surface area (Å²) in [4.78, 5) is 2.57.